The number of amides is 2. The Labute approximate surface area is 181 Å². The van der Waals surface area contributed by atoms with E-state index in [0.29, 0.717) is 23.5 Å². The maximum Gasteiger partial charge on any atom is 0.258 e. The van der Waals surface area contributed by atoms with Gasteiger partial charge in [0.05, 0.1) is 11.5 Å². The van der Waals surface area contributed by atoms with Gasteiger partial charge < -0.3 is 15.5 Å². The molecule has 8 heteroatoms. The quantitative estimate of drug-likeness (QED) is 0.704. The highest BCUT2D eigenvalue weighted by Gasteiger charge is 2.35. The normalized spacial score (nSPS) is 23.2. The average molecular weight is 424 g/mol. The Balaban J connectivity index is 1.65. The highest BCUT2D eigenvalue weighted by atomic mass is 16.2. The highest BCUT2D eigenvalue weighted by molar-refractivity contribution is 6.04. The predicted octanol–water partition coefficient (Wildman–Crippen LogP) is 2.93. The van der Waals surface area contributed by atoms with Gasteiger partial charge in [-0.25, -0.2) is 0 Å². The molecule has 164 valence electrons. The van der Waals surface area contributed by atoms with Crippen molar-refractivity contribution in [2.24, 2.45) is 11.8 Å². The molecule has 3 N–H and O–H groups in total. The van der Waals surface area contributed by atoms with Crippen LogP contribution in [0, 0.1) is 25.7 Å². The summed E-state index contributed by atoms with van der Waals surface area (Å²) >= 11 is 0. The van der Waals surface area contributed by atoms with E-state index in [1.807, 2.05) is 36.9 Å². The molecule has 2 aromatic rings. The van der Waals surface area contributed by atoms with Gasteiger partial charge in [-0.05, 0) is 43.7 Å². The topological polar surface area (TPSA) is 107 Å². The van der Waals surface area contributed by atoms with Crippen molar-refractivity contribution >= 4 is 29.3 Å². The van der Waals surface area contributed by atoms with Gasteiger partial charge >= 0.3 is 0 Å². The number of aromatic nitrogens is 2. The zero-order valence-electron chi connectivity index (χ0n) is 18.4. The molecule has 0 spiro atoms. The van der Waals surface area contributed by atoms with Crippen molar-refractivity contribution in [2.75, 3.05) is 28.6 Å². The Kier molecular flexibility index (Phi) is 5.56. The Morgan fingerprint density at radius 1 is 1.16 bits per heavy atom. The average Bonchev–Trinajstić information content (AvgIpc) is 2.68. The molecule has 1 fully saturated rings. The number of rotatable bonds is 3. The SMILES string of the molecule is Cc1ccc(NC(=O)[C@@H]2CC(=O)Nc3nc(N4C[C@H](C)C[C@@H](C)C4)[nH]c(=O)c32)c(C)c1. The fourth-order valence-electron chi connectivity index (χ4n) is 4.74. The van der Waals surface area contributed by atoms with E-state index in [0.717, 1.165) is 30.6 Å². The van der Waals surface area contributed by atoms with Gasteiger partial charge in [-0.15, -0.1) is 0 Å². The van der Waals surface area contributed by atoms with Crippen molar-refractivity contribution in [1.29, 1.82) is 0 Å². The number of H-pyrrole nitrogens is 1. The minimum Gasteiger partial charge on any atom is -0.342 e. The third-order valence-corrected chi connectivity index (χ3v) is 6.06. The van der Waals surface area contributed by atoms with E-state index >= 15 is 0 Å². The van der Waals surface area contributed by atoms with Gasteiger partial charge in [0, 0.05) is 25.2 Å². The monoisotopic (exact) mass is 423 g/mol. The summed E-state index contributed by atoms with van der Waals surface area (Å²) in [6, 6.07) is 5.71. The summed E-state index contributed by atoms with van der Waals surface area (Å²) in [7, 11) is 0. The number of carbonyl (C=O) groups is 2. The zero-order valence-corrected chi connectivity index (χ0v) is 18.4. The minimum atomic E-state index is -0.894. The maximum atomic E-state index is 13.1. The molecule has 8 nitrogen and oxygen atoms in total. The van der Waals surface area contributed by atoms with Crippen LogP contribution in [0.5, 0.6) is 0 Å². The number of aromatic amines is 1. The molecule has 0 saturated carbocycles. The van der Waals surface area contributed by atoms with Crippen molar-refractivity contribution in [2.45, 2.75) is 46.5 Å². The van der Waals surface area contributed by atoms with Gasteiger partial charge in [0.1, 0.15) is 5.82 Å². The molecule has 1 aromatic carbocycles. The molecule has 31 heavy (non-hydrogen) atoms. The summed E-state index contributed by atoms with van der Waals surface area (Å²) < 4.78 is 0. The lowest BCUT2D eigenvalue weighted by Gasteiger charge is -2.35. The van der Waals surface area contributed by atoms with E-state index in [1.165, 1.54) is 0 Å². The maximum absolute atomic E-state index is 13.1. The number of piperidine rings is 1. The molecular formula is C23H29N5O3. The highest BCUT2D eigenvalue weighted by Crippen LogP contribution is 2.32. The fourth-order valence-corrected chi connectivity index (χ4v) is 4.74. The van der Waals surface area contributed by atoms with E-state index < -0.39 is 5.92 Å². The van der Waals surface area contributed by atoms with Crippen LogP contribution in [0.25, 0.3) is 0 Å². The fraction of sp³-hybridized carbons (Fsp3) is 0.478. The molecule has 2 aliphatic rings. The van der Waals surface area contributed by atoms with Gasteiger partial charge in [-0.1, -0.05) is 31.5 Å². The van der Waals surface area contributed by atoms with Crippen molar-refractivity contribution in [3.8, 4) is 0 Å². The Bertz CT molecular complexity index is 1080. The Morgan fingerprint density at radius 2 is 1.87 bits per heavy atom. The van der Waals surface area contributed by atoms with E-state index in [2.05, 4.69) is 34.4 Å². The molecule has 3 atom stereocenters. The second kappa shape index (κ2) is 8.17. The van der Waals surface area contributed by atoms with Crippen LogP contribution in [-0.4, -0.2) is 34.9 Å². The van der Waals surface area contributed by atoms with Crippen LogP contribution in [-0.2, 0) is 9.59 Å². The molecule has 4 rings (SSSR count). The number of nitrogens with one attached hydrogen (secondary N) is 3. The van der Waals surface area contributed by atoms with Crippen LogP contribution in [0.1, 0.15) is 49.3 Å². The molecule has 2 amide bonds. The summed E-state index contributed by atoms with van der Waals surface area (Å²) in [5, 5.41) is 5.57. The summed E-state index contributed by atoms with van der Waals surface area (Å²) in [6.07, 6.45) is 1.04. The van der Waals surface area contributed by atoms with Crippen molar-refractivity contribution in [3.05, 3.63) is 45.2 Å². The van der Waals surface area contributed by atoms with Crippen LogP contribution < -0.4 is 21.1 Å². The van der Waals surface area contributed by atoms with Crippen LogP contribution >= 0.6 is 0 Å². The predicted molar refractivity (Wildman–Crippen MR) is 121 cm³/mol. The van der Waals surface area contributed by atoms with Crippen LogP contribution in [0.4, 0.5) is 17.5 Å². The molecule has 0 radical (unpaired) electrons. The Hall–Kier alpha value is -3.16. The number of nitrogens with zero attached hydrogens (tertiary/aromatic N) is 2. The molecule has 0 bridgehead atoms. The molecule has 3 heterocycles. The van der Waals surface area contributed by atoms with E-state index in [4.69, 9.17) is 0 Å². The first-order chi connectivity index (χ1) is 14.7. The molecule has 1 aromatic heterocycles. The molecule has 0 aliphatic carbocycles. The van der Waals surface area contributed by atoms with Crippen LogP contribution in [0.15, 0.2) is 23.0 Å². The number of anilines is 3. The number of benzene rings is 1. The van der Waals surface area contributed by atoms with Crippen molar-refractivity contribution < 1.29 is 9.59 Å². The lowest BCUT2D eigenvalue weighted by Crippen LogP contribution is -2.42. The van der Waals surface area contributed by atoms with Gasteiger partial charge in [-0.2, -0.15) is 4.98 Å². The molecular weight excluding hydrogens is 394 g/mol. The summed E-state index contributed by atoms with van der Waals surface area (Å²) in [6.45, 7) is 9.81. The standard InChI is InChI=1S/C23H29N5O3/c1-12-5-6-17(15(4)8-12)24-21(30)16-9-18(29)25-20-19(16)22(31)27-23(26-20)28-10-13(2)7-14(3)11-28/h5-6,8,13-14,16H,7,9-11H2,1-4H3,(H,24,30)(H2,25,26,27,29,31)/t13-,14-,16-/m1/s1. The van der Waals surface area contributed by atoms with Crippen molar-refractivity contribution in [1.82, 2.24) is 9.97 Å². The summed E-state index contributed by atoms with van der Waals surface area (Å²) in [5.41, 5.74) is 2.51. The summed E-state index contributed by atoms with van der Waals surface area (Å²) in [4.78, 5) is 47.9. The third-order valence-electron chi connectivity index (χ3n) is 6.06. The van der Waals surface area contributed by atoms with Gasteiger partial charge in [-0.3, -0.25) is 19.4 Å². The number of aryl methyl sites for hydroxylation is 2. The first kappa shape index (κ1) is 21.1. The Morgan fingerprint density at radius 3 is 2.55 bits per heavy atom. The molecule has 2 aliphatic heterocycles. The first-order valence-corrected chi connectivity index (χ1v) is 10.8. The lowest BCUT2D eigenvalue weighted by molar-refractivity contribution is -0.123. The van der Waals surface area contributed by atoms with Gasteiger partial charge in [0.15, 0.2) is 0 Å². The third kappa shape index (κ3) is 4.33. The smallest absolute Gasteiger partial charge is 0.258 e. The first-order valence-electron chi connectivity index (χ1n) is 10.8. The number of fused-ring (bicyclic) bond motifs is 1. The molecule has 1 saturated heterocycles. The van der Waals surface area contributed by atoms with E-state index in [-0.39, 0.29) is 35.2 Å². The van der Waals surface area contributed by atoms with Crippen molar-refractivity contribution in [3.63, 3.8) is 0 Å². The lowest BCUT2D eigenvalue weighted by atomic mass is 9.91. The number of carbonyl (C=O) groups excluding carboxylic acids is 2. The van der Waals surface area contributed by atoms with E-state index in [9.17, 15) is 14.4 Å². The minimum absolute atomic E-state index is 0.0916. The van der Waals surface area contributed by atoms with Gasteiger partial charge in [0.25, 0.3) is 5.56 Å². The zero-order chi connectivity index (χ0) is 22.3. The second-order valence-electron chi connectivity index (χ2n) is 9.12. The second-order valence-corrected chi connectivity index (χ2v) is 9.12. The van der Waals surface area contributed by atoms with Crippen LogP contribution in [0.2, 0.25) is 0 Å². The largest absolute Gasteiger partial charge is 0.342 e. The molecule has 0 unspecified atom stereocenters. The summed E-state index contributed by atoms with van der Waals surface area (Å²) in [5.74, 6) is -0.0126. The van der Waals surface area contributed by atoms with Crippen LogP contribution in [0.3, 0.4) is 0 Å². The number of hydrogen-bond donors (Lipinski definition) is 3. The van der Waals surface area contributed by atoms with E-state index in [1.54, 1.807) is 0 Å². The number of hydrogen-bond acceptors (Lipinski definition) is 5. The van der Waals surface area contributed by atoms with Gasteiger partial charge in [0.2, 0.25) is 17.8 Å².